The lowest BCUT2D eigenvalue weighted by Gasteiger charge is -2.37. The van der Waals surface area contributed by atoms with Crippen molar-refractivity contribution in [1.82, 2.24) is 60.8 Å². The number of benzene rings is 5. The summed E-state index contributed by atoms with van der Waals surface area (Å²) in [5, 5.41) is 52.5. The summed E-state index contributed by atoms with van der Waals surface area (Å²) in [6, 6.07) is 27.1. The van der Waals surface area contributed by atoms with Crippen molar-refractivity contribution in [3.63, 3.8) is 0 Å². The molecule has 0 bridgehead atoms. The Hall–Kier alpha value is -12.2. The Bertz CT molecular complexity index is 6300. The third-order valence-electron chi connectivity index (χ3n) is 23.6. The second kappa shape index (κ2) is 53.2. The standard InChI is InChI=1S/C26H27BrFN3O5.C26H27ClF2N4O5.C24H26BrFN4O5S.C23H23Cl2N5O5/c1-2-36-26(34)23-21(14-31-10-11-35-15-18(31)13-22(32)33)29-25(16-6-4-3-5-7-16)30-24(23)19-9-8-17(28)12-20(19)27;1-2-38-26(36)22-20(13-33-10-11-37-14-16(33)6-8-21(34)35)31-25(24-19(29)4-3-9-30-24)32-23(22)17-7-5-15(28)12-18(17)27;1-2-34-24(33)21-18(11-30-7-8-35-15(10-30)4-6-20(31)32)28-23(19-12-36-13-27-19)29-22(21)16-5-3-14(26)9-17(16)25;1-2-34-23(33)18-16(11-30-8-9-35-17(12-30)22(31)32)28-21(20-26-6-3-7-27-20)29-19(18)14-5-4-13(24)10-15(14)25/h3-9,12,18,24H,2,10-11,13-15H2,1H3,(H,29,30)(H,32,33);3-5,7,9,12,16,23H,2,6,8,10-11,13-14H2,1H3,(H,31,32)(H,34,35);3,5,9,12-13,15,22H,2,4,6-8,10-11H2,1H3,(H,28,29)(H,31,32);3-7,10,17,19H,2,8-9,11-12H2,1H3,(H,28,29)(H,31,32). The van der Waals surface area contributed by atoms with E-state index in [4.69, 9.17) is 92.8 Å². The van der Waals surface area contributed by atoms with E-state index in [-0.39, 0.29) is 131 Å². The average Bonchev–Trinajstić information content (AvgIpc) is 1.15. The number of nitrogens with one attached hydrogen (secondary N) is 4. The number of carboxylic acid groups (broad SMARTS) is 4. The largest absolute Gasteiger partial charge is 0.481 e. The highest BCUT2D eigenvalue weighted by molar-refractivity contribution is 9.10. The number of carbonyl (C=O) groups excluding carboxylic acids is 4. The minimum atomic E-state index is -1.05. The van der Waals surface area contributed by atoms with Crippen molar-refractivity contribution in [2.45, 2.75) is 108 Å². The first-order chi connectivity index (χ1) is 69.9. The zero-order valence-electron chi connectivity index (χ0n) is 78.7. The van der Waals surface area contributed by atoms with E-state index < -0.39 is 101 Å². The molecular formula is C99H103Br2Cl3F4N16O20S. The Morgan fingerprint density at radius 2 is 0.931 bits per heavy atom. The molecule has 8 aliphatic heterocycles. The lowest BCUT2D eigenvalue weighted by Crippen LogP contribution is -2.49. The fourth-order valence-electron chi connectivity index (χ4n) is 16.9. The van der Waals surface area contributed by atoms with Gasteiger partial charge < -0.3 is 79.6 Å². The number of nitrogens with zero attached hydrogens (tertiary/aromatic N) is 12. The number of halogens is 9. The second-order valence-electron chi connectivity index (χ2n) is 33.3. The normalized spacial score (nSPS) is 20.4. The first-order valence-corrected chi connectivity index (χ1v) is 49.9. The van der Waals surface area contributed by atoms with Gasteiger partial charge in [-0.25, -0.2) is 61.5 Å². The number of amidine groups is 4. The number of hydrogen-bond acceptors (Lipinski definition) is 33. The summed E-state index contributed by atoms with van der Waals surface area (Å²) in [4.78, 5) is 142. The summed E-state index contributed by atoms with van der Waals surface area (Å²) >= 11 is 27.3. The van der Waals surface area contributed by atoms with Crippen molar-refractivity contribution >= 4 is 149 Å². The molecule has 8 unspecified atom stereocenters. The van der Waals surface area contributed by atoms with Gasteiger partial charge in [-0.2, -0.15) is 0 Å². The minimum Gasteiger partial charge on any atom is -0.481 e. The van der Waals surface area contributed by atoms with Crippen molar-refractivity contribution in [1.29, 1.82) is 0 Å². The molecule has 36 nitrogen and oxygen atoms in total. The molecule has 4 saturated heterocycles. The van der Waals surface area contributed by atoms with E-state index in [2.05, 4.69) is 83.0 Å². The first kappa shape index (κ1) is 110. The number of thiazole rings is 1. The maximum atomic E-state index is 14.8. The molecule has 16 rings (SSSR count). The highest BCUT2D eigenvalue weighted by atomic mass is 79.9. The van der Waals surface area contributed by atoms with Gasteiger partial charge in [0.05, 0.1) is 106 Å². The number of aromatic nitrogens is 4. The third-order valence-corrected chi connectivity index (χ3v) is 26.5. The molecular weight excluding hydrogens is 2110 g/mol. The molecule has 4 fully saturated rings. The van der Waals surface area contributed by atoms with Crippen molar-refractivity contribution < 1.29 is 114 Å². The molecule has 0 saturated carbocycles. The van der Waals surface area contributed by atoms with Gasteiger partial charge in [0.1, 0.15) is 58.8 Å². The van der Waals surface area contributed by atoms with Gasteiger partial charge in [-0.15, -0.1) is 11.3 Å². The molecule has 8 atom stereocenters. The van der Waals surface area contributed by atoms with Gasteiger partial charge in [0.2, 0.25) is 0 Å². The zero-order valence-corrected chi connectivity index (χ0v) is 85.0. The molecule has 3 aromatic heterocycles. The van der Waals surface area contributed by atoms with Gasteiger partial charge in [0, 0.05) is 178 Å². The molecule has 0 radical (unpaired) electrons. The molecule has 8 aliphatic rings. The number of carbonyl (C=O) groups is 8. The van der Waals surface area contributed by atoms with E-state index in [0.29, 0.717) is 183 Å². The highest BCUT2D eigenvalue weighted by Crippen LogP contribution is 2.43. The summed E-state index contributed by atoms with van der Waals surface area (Å²) in [6.45, 7) is 13.3. The van der Waals surface area contributed by atoms with Crippen LogP contribution in [-0.4, -0.2) is 287 Å². The molecule has 0 spiro atoms. The predicted octanol–water partition coefficient (Wildman–Crippen LogP) is 13.2. The predicted molar refractivity (Wildman–Crippen MR) is 533 cm³/mol. The number of carboxylic acids is 4. The number of pyridine rings is 1. The highest BCUT2D eigenvalue weighted by Gasteiger charge is 2.43. The number of hydrogen-bond donors (Lipinski definition) is 8. The average molecular weight is 2210 g/mol. The van der Waals surface area contributed by atoms with E-state index in [1.54, 1.807) is 82.0 Å². The molecule has 5 aromatic carbocycles. The summed E-state index contributed by atoms with van der Waals surface area (Å²) < 4.78 is 101. The SMILES string of the molecule is CCOC(=O)C1=C(CN2CCOC(C(=O)O)C2)NC(c2ncccn2)=NC1c1ccc(Cl)cc1Cl.CCOC(=O)C1=C(CN2CCOC(CCC(=O)O)C2)NC(c2cscn2)=NC1c1ccc(F)cc1Br.CCOC(=O)C1=C(CN2CCOCC2CC(=O)O)NC(c2ccccc2)=NC1c1ccc(F)cc1Br.CCOC(=O)C1=C(CN2CCOCC2CCC(=O)O)NC(c2ncccc2F)=NC1c1ccc(F)cc1Cl. The van der Waals surface area contributed by atoms with Gasteiger partial charge >= 0.3 is 47.8 Å². The number of ether oxygens (including phenoxy) is 8. The van der Waals surface area contributed by atoms with Crippen LogP contribution in [0.4, 0.5) is 17.6 Å². The molecule has 0 aliphatic carbocycles. The monoisotopic (exact) mass is 2210 g/mol. The van der Waals surface area contributed by atoms with Gasteiger partial charge in [-0.1, -0.05) is 121 Å². The molecule has 145 heavy (non-hydrogen) atoms. The molecule has 8 N–H and O–H groups in total. The molecule has 8 aromatic rings. The smallest absolute Gasteiger partial charge is 0.338 e. The van der Waals surface area contributed by atoms with Crippen LogP contribution < -0.4 is 21.3 Å². The maximum absolute atomic E-state index is 14.8. The topological polar surface area (TPSA) is 453 Å². The van der Waals surface area contributed by atoms with Crippen molar-refractivity contribution in [2.24, 2.45) is 20.0 Å². The van der Waals surface area contributed by atoms with Gasteiger partial charge in [0.25, 0.3) is 0 Å². The van der Waals surface area contributed by atoms with Crippen LogP contribution in [0.5, 0.6) is 0 Å². The lowest BCUT2D eigenvalue weighted by molar-refractivity contribution is -0.156. The van der Waals surface area contributed by atoms with E-state index >= 15 is 0 Å². The van der Waals surface area contributed by atoms with Crippen molar-refractivity contribution in [3.05, 3.63) is 288 Å². The number of rotatable bonds is 33. The molecule has 0 amide bonds. The van der Waals surface area contributed by atoms with Crippen LogP contribution in [-0.2, 0) is 76.3 Å². The second-order valence-corrected chi connectivity index (χ2v) is 37.0. The lowest BCUT2D eigenvalue weighted by atomic mass is 9.94. The Kier molecular flexibility index (Phi) is 40.4. The summed E-state index contributed by atoms with van der Waals surface area (Å²) in [5.41, 5.74) is 8.20. The van der Waals surface area contributed by atoms with Gasteiger partial charge in [-0.05, 0) is 118 Å². The quantitative estimate of drug-likeness (QED) is 0.0108. The summed E-state index contributed by atoms with van der Waals surface area (Å²) in [7, 11) is 0. The number of esters is 4. The fourth-order valence-corrected chi connectivity index (χ4v) is 19.3. The first-order valence-electron chi connectivity index (χ1n) is 46.2. The van der Waals surface area contributed by atoms with Crippen LogP contribution in [0.25, 0.3) is 0 Å². The Labute approximate surface area is 866 Å². The van der Waals surface area contributed by atoms with Crippen LogP contribution in [0.15, 0.2) is 225 Å². The zero-order chi connectivity index (χ0) is 103. The minimum absolute atomic E-state index is 0.0226. The Morgan fingerprint density at radius 1 is 0.469 bits per heavy atom. The number of aliphatic carboxylic acids is 4. The third kappa shape index (κ3) is 29.6. The Morgan fingerprint density at radius 3 is 1.45 bits per heavy atom. The van der Waals surface area contributed by atoms with Crippen molar-refractivity contribution in [2.75, 3.05) is 132 Å². The maximum Gasteiger partial charge on any atom is 0.338 e. The van der Waals surface area contributed by atoms with Crippen LogP contribution in [0.1, 0.15) is 129 Å². The van der Waals surface area contributed by atoms with Crippen LogP contribution in [0, 0.1) is 23.3 Å². The van der Waals surface area contributed by atoms with E-state index in [9.17, 15) is 71.2 Å². The summed E-state index contributed by atoms with van der Waals surface area (Å²) in [6.07, 6.45) is 4.01. The molecule has 46 heteroatoms. The van der Waals surface area contributed by atoms with E-state index in [0.717, 1.165) is 11.6 Å². The molecule has 768 valence electrons. The number of morpholine rings is 4. The van der Waals surface area contributed by atoms with Crippen molar-refractivity contribution in [3.8, 4) is 0 Å². The van der Waals surface area contributed by atoms with Crippen LogP contribution in [0.3, 0.4) is 0 Å². The van der Waals surface area contributed by atoms with Crippen LogP contribution in [0.2, 0.25) is 15.1 Å². The fraction of sp³-hybridized carbons (Fsp3) is 0.374. The molecule has 11 heterocycles. The van der Waals surface area contributed by atoms with Gasteiger partial charge in [0.15, 0.2) is 35.3 Å². The Balaban J connectivity index is 0.000000162. The van der Waals surface area contributed by atoms with E-state index in [1.165, 1.54) is 66.1 Å². The van der Waals surface area contributed by atoms with Crippen LogP contribution >= 0.6 is 78.0 Å². The van der Waals surface area contributed by atoms with E-state index in [1.807, 2.05) is 50.4 Å². The number of aliphatic imine (C=N–C) groups is 4. The summed E-state index contributed by atoms with van der Waals surface area (Å²) in [5.74, 6) is -6.31. The van der Waals surface area contributed by atoms with Gasteiger partial charge in [-0.3, -0.25) is 54.0 Å².